The van der Waals surface area contributed by atoms with Crippen LogP contribution in [0.2, 0.25) is 0 Å². The number of morpholine rings is 1. The summed E-state index contributed by atoms with van der Waals surface area (Å²) in [5.74, 6) is 0.0476. The van der Waals surface area contributed by atoms with Crippen molar-refractivity contribution in [1.29, 1.82) is 0 Å². The Morgan fingerprint density at radius 3 is 2.51 bits per heavy atom. The van der Waals surface area contributed by atoms with E-state index in [1.807, 2.05) is 25.1 Å². The zero-order chi connectivity index (χ0) is 27.4. The first-order valence-corrected chi connectivity index (χ1v) is 14.7. The van der Waals surface area contributed by atoms with Crippen LogP contribution in [0.25, 0.3) is 11.3 Å². The van der Waals surface area contributed by atoms with Crippen LogP contribution in [0.1, 0.15) is 28.8 Å². The zero-order valence-electron chi connectivity index (χ0n) is 21.9. The van der Waals surface area contributed by atoms with Crippen molar-refractivity contribution >= 4 is 27.1 Å². The van der Waals surface area contributed by atoms with Gasteiger partial charge in [0.05, 0.1) is 32.1 Å². The van der Waals surface area contributed by atoms with Gasteiger partial charge in [-0.2, -0.15) is 0 Å². The normalized spacial score (nSPS) is 16.6. The second-order valence-corrected chi connectivity index (χ2v) is 11.6. The lowest BCUT2D eigenvalue weighted by Crippen LogP contribution is -2.37. The number of aryl methyl sites for hydroxylation is 1. The molecule has 206 valence electrons. The van der Waals surface area contributed by atoms with E-state index in [1.165, 1.54) is 18.3 Å². The quantitative estimate of drug-likeness (QED) is 0.466. The molecule has 1 aromatic carbocycles. The van der Waals surface area contributed by atoms with Gasteiger partial charge in [-0.05, 0) is 42.8 Å². The summed E-state index contributed by atoms with van der Waals surface area (Å²) in [5, 5.41) is 11.7. The number of hydrogen-bond donors (Lipinski definition) is 1. The molecule has 0 saturated carbocycles. The summed E-state index contributed by atoms with van der Waals surface area (Å²) in [7, 11) is -3.54. The lowest BCUT2D eigenvalue weighted by molar-refractivity contribution is 0.0234. The van der Waals surface area contributed by atoms with Gasteiger partial charge in [0.2, 0.25) is 0 Å². The molecule has 0 atom stereocenters. The van der Waals surface area contributed by atoms with Crippen molar-refractivity contribution in [3.05, 3.63) is 53.7 Å². The van der Waals surface area contributed by atoms with E-state index in [-0.39, 0.29) is 16.7 Å². The van der Waals surface area contributed by atoms with Crippen molar-refractivity contribution in [2.24, 2.45) is 0 Å². The predicted molar refractivity (Wildman–Crippen MR) is 145 cm³/mol. The molecule has 0 spiro atoms. The van der Waals surface area contributed by atoms with Crippen molar-refractivity contribution in [2.75, 3.05) is 56.0 Å². The van der Waals surface area contributed by atoms with Gasteiger partial charge in [-0.3, -0.25) is 4.79 Å². The number of rotatable bonds is 7. The molecule has 2 saturated heterocycles. The van der Waals surface area contributed by atoms with E-state index in [0.717, 1.165) is 35.9 Å². The van der Waals surface area contributed by atoms with Crippen LogP contribution in [-0.4, -0.2) is 81.4 Å². The molecule has 0 aliphatic carbocycles. The standard InChI is InChI=1S/C27H31N5O6S/c1-18-3-4-20(29-26(33)19-5-8-28-25(15-19)39(2,34)35)16-22(18)23-17-24(32-9-13-37-14-10-32)27(31-30-23)38-21-6-11-36-12-7-21/h3-5,8,15-17,21H,6-7,9-14H2,1-2H3,(H,29,33). The maximum absolute atomic E-state index is 12.9. The van der Waals surface area contributed by atoms with Crippen molar-refractivity contribution in [3.63, 3.8) is 0 Å². The molecule has 2 aliphatic heterocycles. The number of nitrogens with one attached hydrogen (secondary N) is 1. The first-order chi connectivity index (χ1) is 18.8. The van der Waals surface area contributed by atoms with E-state index in [4.69, 9.17) is 14.2 Å². The monoisotopic (exact) mass is 553 g/mol. The number of hydrogen-bond acceptors (Lipinski definition) is 10. The molecule has 0 unspecified atom stereocenters. The fourth-order valence-electron chi connectivity index (χ4n) is 4.50. The third-order valence-corrected chi connectivity index (χ3v) is 7.67. The van der Waals surface area contributed by atoms with E-state index in [0.29, 0.717) is 56.8 Å². The topological polar surface area (TPSA) is 133 Å². The van der Waals surface area contributed by atoms with E-state index < -0.39 is 15.7 Å². The van der Waals surface area contributed by atoms with E-state index in [9.17, 15) is 13.2 Å². The highest BCUT2D eigenvalue weighted by atomic mass is 32.2. The summed E-state index contributed by atoms with van der Waals surface area (Å²) >= 11 is 0. The fourth-order valence-corrected chi connectivity index (χ4v) is 5.09. The maximum atomic E-state index is 12.9. The zero-order valence-corrected chi connectivity index (χ0v) is 22.7. The molecule has 4 heterocycles. The molecule has 2 aromatic heterocycles. The average Bonchev–Trinajstić information content (AvgIpc) is 2.95. The Morgan fingerprint density at radius 1 is 1.03 bits per heavy atom. The second kappa shape index (κ2) is 11.6. The summed E-state index contributed by atoms with van der Waals surface area (Å²) in [6.07, 6.45) is 3.98. The van der Waals surface area contributed by atoms with Crippen LogP contribution >= 0.6 is 0 Å². The van der Waals surface area contributed by atoms with Crippen molar-refractivity contribution in [3.8, 4) is 17.1 Å². The number of anilines is 2. The van der Waals surface area contributed by atoms with Crippen LogP contribution in [0, 0.1) is 6.92 Å². The molecule has 2 fully saturated rings. The summed E-state index contributed by atoms with van der Waals surface area (Å²) in [4.78, 5) is 19.0. The Kier molecular flexibility index (Phi) is 8.05. The van der Waals surface area contributed by atoms with Crippen LogP contribution in [0.4, 0.5) is 11.4 Å². The Labute approximate surface area is 227 Å². The molecule has 0 bridgehead atoms. The number of ether oxygens (including phenoxy) is 3. The first kappa shape index (κ1) is 27.0. The third kappa shape index (κ3) is 6.52. The van der Waals surface area contributed by atoms with Gasteiger partial charge in [-0.1, -0.05) is 6.07 Å². The van der Waals surface area contributed by atoms with Gasteiger partial charge in [0.1, 0.15) is 11.8 Å². The fraction of sp³-hybridized carbons (Fsp3) is 0.407. The average molecular weight is 554 g/mol. The predicted octanol–water partition coefficient (Wildman–Crippen LogP) is 2.90. The molecule has 11 nitrogen and oxygen atoms in total. The summed E-state index contributed by atoms with van der Waals surface area (Å²) in [5.41, 5.74) is 3.99. The van der Waals surface area contributed by atoms with Gasteiger partial charge in [0, 0.05) is 55.2 Å². The molecule has 0 radical (unpaired) electrons. The van der Waals surface area contributed by atoms with Gasteiger partial charge in [-0.25, -0.2) is 13.4 Å². The van der Waals surface area contributed by atoms with E-state index in [1.54, 1.807) is 6.07 Å². The van der Waals surface area contributed by atoms with Crippen molar-refractivity contribution in [2.45, 2.75) is 30.9 Å². The van der Waals surface area contributed by atoms with Crippen molar-refractivity contribution < 1.29 is 27.4 Å². The van der Waals surface area contributed by atoms with Gasteiger partial charge < -0.3 is 24.4 Å². The smallest absolute Gasteiger partial charge is 0.257 e. The largest absolute Gasteiger partial charge is 0.472 e. The van der Waals surface area contributed by atoms with Gasteiger partial charge in [-0.15, -0.1) is 10.2 Å². The second-order valence-electron chi connectivity index (χ2n) is 9.59. The third-order valence-electron chi connectivity index (χ3n) is 6.69. The van der Waals surface area contributed by atoms with Crippen LogP contribution < -0.4 is 15.0 Å². The minimum atomic E-state index is -3.54. The first-order valence-electron chi connectivity index (χ1n) is 12.8. The van der Waals surface area contributed by atoms with Crippen LogP contribution in [-0.2, 0) is 19.3 Å². The molecular weight excluding hydrogens is 522 g/mol. The van der Waals surface area contributed by atoms with Crippen molar-refractivity contribution in [1.82, 2.24) is 15.2 Å². The summed E-state index contributed by atoms with van der Waals surface area (Å²) in [6, 6.07) is 10.2. The minimum Gasteiger partial charge on any atom is -0.472 e. The van der Waals surface area contributed by atoms with Gasteiger partial charge in [0.15, 0.2) is 14.9 Å². The minimum absolute atomic E-state index is 0.0235. The van der Waals surface area contributed by atoms with E-state index >= 15 is 0 Å². The SMILES string of the molecule is Cc1ccc(NC(=O)c2ccnc(S(C)(=O)=O)c2)cc1-c1cc(N2CCOCC2)c(OC2CCOCC2)nn1. The van der Waals surface area contributed by atoms with E-state index in [2.05, 4.69) is 25.4 Å². The van der Waals surface area contributed by atoms with Crippen LogP contribution in [0.15, 0.2) is 47.6 Å². The molecule has 5 rings (SSSR count). The number of sulfone groups is 1. The lowest BCUT2D eigenvalue weighted by atomic mass is 10.0. The van der Waals surface area contributed by atoms with Gasteiger partial charge in [0.25, 0.3) is 11.8 Å². The highest BCUT2D eigenvalue weighted by molar-refractivity contribution is 7.90. The molecular formula is C27H31N5O6S. The molecule has 2 aliphatic rings. The Bertz CT molecular complexity index is 1450. The number of carbonyl (C=O) groups is 1. The van der Waals surface area contributed by atoms with Gasteiger partial charge >= 0.3 is 0 Å². The molecule has 1 N–H and O–H groups in total. The number of amides is 1. The number of benzene rings is 1. The highest BCUT2D eigenvalue weighted by Crippen LogP contribution is 2.34. The van der Waals surface area contributed by atoms with Crippen LogP contribution in [0.5, 0.6) is 5.88 Å². The molecule has 1 amide bonds. The molecule has 39 heavy (non-hydrogen) atoms. The number of aromatic nitrogens is 3. The Morgan fingerprint density at radius 2 is 1.77 bits per heavy atom. The number of carbonyl (C=O) groups excluding carboxylic acids is 1. The Hall–Kier alpha value is -3.61. The Balaban J connectivity index is 1.43. The number of nitrogens with zero attached hydrogens (tertiary/aromatic N) is 4. The molecule has 3 aromatic rings. The summed E-state index contributed by atoms with van der Waals surface area (Å²) < 4.78 is 41.0. The van der Waals surface area contributed by atoms with Crippen LogP contribution in [0.3, 0.4) is 0 Å². The summed E-state index contributed by atoms with van der Waals surface area (Å²) in [6.45, 7) is 5.95. The lowest BCUT2D eigenvalue weighted by Gasteiger charge is -2.31. The molecule has 12 heteroatoms. The maximum Gasteiger partial charge on any atom is 0.257 e. The highest BCUT2D eigenvalue weighted by Gasteiger charge is 2.23. The number of pyridine rings is 1.